The zero-order valence-electron chi connectivity index (χ0n) is 7.84. The number of rotatable bonds is 5. The molecule has 0 aliphatic carbocycles. The smallest absolute Gasteiger partial charge is 0.0708 e. The van der Waals surface area contributed by atoms with E-state index in [0.29, 0.717) is 0 Å². The summed E-state index contributed by atoms with van der Waals surface area (Å²) in [6.45, 7) is 2.26. The number of thiocarbonyl (C=S) groups is 1. The largest absolute Gasteiger partial charge is 0.415 e. The Balaban J connectivity index is 0. The Hall–Kier alpha value is 0.733. The van der Waals surface area contributed by atoms with Gasteiger partial charge in [-0.2, -0.15) is 0 Å². The van der Waals surface area contributed by atoms with Gasteiger partial charge in [-0.05, 0) is 0 Å². The summed E-state index contributed by atoms with van der Waals surface area (Å²) >= 11 is 9.75. The maximum absolute atomic E-state index is 4.66. The van der Waals surface area contributed by atoms with E-state index in [1.807, 2.05) is 0 Å². The fraction of sp³-hybridized carbons (Fsp3) is 0.875. The van der Waals surface area contributed by atoms with E-state index in [0.717, 1.165) is 0 Å². The first-order valence-electron chi connectivity index (χ1n) is 4.40. The van der Waals surface area contributed by atoms with Crippen molar-refractivity contribution in [1.82, 2.24) is 0 Å². The van der Waals surface area contributed by atoms with E-state index in [2.05, 4.69) is 37.5 Å². The summed E-state index contributed by atoms with van der Waals surface area (Å²) in [5.74, 6) is 0. The predicted molar refractivity (Wildman–Crippen MR) is 57.7 cm³/mol. The molecule has 0 aromatic rings. The molecule has 0 heterocycles. The minimum absolute atomic E-state index is 0.0833. The van der Waals surface area contributed by atoms with Crippen LogP contribution in [0.5, 0.6) is 0 Å². The number of hydrogen-bond donors (Lipinski definition) is 1. The number of unbranched alkanes of at least 4 members (excludes halogenated alkanes) is 4. The average molecular weight is 257 g/mol. The molecule has 0 rings (SSSR count). The minimum atomic E-state index is 0.0833. The van der Waals surface area contributed by atoms with Crippen LogP contribution in [-0.2, 0) is 30.9 Å². The molecule has 4 heteroatoms. The van der Waals surface area contributed by atoms with Crippen LogP contribution in [0.1, 0.15) is 39.0 Å². The van der Waals surface area contributed by atoms with Gasteiger partial charge in [0.1, 0.15) is 0 Å². The number of nitrogens with two attached hydrogens (primary N) is 1. The Bertz CT molecular complexity index is 89.1. The summed E-state index contributed by atoms with van der Waals surface area (Å²) in [5, 5.41) is 1.49. The second-order valence-corrected chi connectivity index (χ2v) is 5.21. The number of hydrogen-bond acceptors (Lipinski definition) is 2. The Labute approximate surface area is 97.0 Å². The fourth-order valence-corrected chi connectivity index (χ4v) is 1.52. The van der Waals surface area contributed by atoms with Gasteiger partial charge in [-0.25, -0.2) is 0 Å². The SMILES string of the molecule is CCCCCC[CH2][Zn+].NC(=S)[S-]. The molecule has 0 aliphatic heterocycles. The monoisotopic (exact) mass is 255 g/mol. The molecule has 0 aromatic heterocycles. The molecule has 0 aliphatic rings. The van der Waals surface area contributed by atoms with Gasteiger partial charge in [-0.3, -0.25) is 0 Å². The van der Waals surface area contributed by atoms with Crippen molar-refractivity contribution in [3.05, 3.63) is 0 Å². The van der Waals surface area contributed by atoms with E-state index < -0.39 is 0 Å². The summed E-state index contributed by atoms with van der Waals surface area (Å²) in [7, 11) is 0. The van der Waals surface area contributed by atoms with Gasteiger partial charge in [-0.1, -0.05) is 4.32 Å². The molecule has 0 atom stereocenters. The van der Waals surface area contributed by atoms with Gasteiger partial charge in [0.15, 0.2) is 0 Å². The van der Waals surface area contributed by atoms with Crippen LogP contribution in [0.3, 0.4) is 0 Å². The zero-order valence-corrected chi connectivity index (χ0v) is 12.4. The van der Waals surface area contributed by atoms with Gasteiger partial charge in [-0.15, -0.1) is 0 Å². The first-order valence-corrected chi connectivity index (χ1v) is 7.32. The quantitative estimate of drug-likeness (QED) is 0.355. The van der Waals surface area contributed by atoms with Crippen molar-refractivity contribution in [2.75, 3.05) is 0 Å². The normalized spacial score (nSPS) is 8.58. The molecule has 0 amide bonds. The molecule has 1 nitrogen and oxygen atoms in total. The van der Waals surface area contributed by atoms with Crippen molar-refractivity contribution in [2.24, 2.45) is 5.73 Å². The fourth-order valence-electron chi connectivity index (χ4n) is 0.780. The Morgan fingerprint density at radius 1 is 1.33 bits per heavy atom. The van der Waals surface area contributed by atoms with Crippen LogP contribution < -0.4 is 5.73 Å². The third-order valence-corrected chi connectivity index (χ3v) is 2.40. The predicted octanol–water partition coefficient (Wildman–Crippen LogP) is 2.70. The molecule has 0 bridgehead atoms. The van der Waals surface area contributed by atoms with Crippen molar-refractivity contribution in [1.29, 1.82) is 0 Å². The Morgan fingerprint density at radius 2 is 1.75 bits per heavy atom. The standard InChI is InChI=1S/C7H15.CH3NS2.Zn/c1-3-5-7-6-4-2;2-1(3)4;/h1,3-7H2,2H3;(H3,2,3,4);/q;;+1/p-1. The van der Waals surface area contributed by atoms with E-state index in [9.17, 15) is 0 Å². The third kappa shape index (κ3) is 30.9. The first-order chi connectivity index (χ1) is 5.65. The van der Waals surface area contributed by atoms with E-state index in [1.54, 1.807) is 0 Å². The Kier molecular flexibility index (Phi) is 18.1. The maximum Gasteiger partial charge on any atom is -0.0708 e. The molecule has 0 saturated carbocycles. The van der Waals surface area contributed by atoms with Gasteiger partial charge in [0.25, 0.3) is 0 Å². The van der Waals surface area contributed by atoms with E-state index in [1.165, 1.54) is 55.4 Å². The molecule has 0 spiro atoms. The second-order valence-electron chi connectivity index (χ2n) is 2.59. The van der Waals surface area contributed by atoms with E-state index in [-0.39, 0.29) is 4.32 Å². The van der Waals surface area contributed by atoms with Crippen LogP contribution in [0.25, 0.3) is 0 Å². The molecule has 0 fully saturated rings. The van der Waals surface area contributed by atoms with Crippen LogP contribution >= 0.6 is 12.2 Å². The topological polar surface area (TPSA) is 26.0 Å². The van der Waals surface area contributed by atoms with Gasteiger partial charge >= 0.3 is 62.3 Å². The molecule has 12 heavy (non-hydrogen) atoms. The summed E-state index contributed by atoms with van der Waals surface area (Å²) < 4.78 is 0.0833. The zero-order chi connectivity index (χ0) is 9.82. The van der Waals surface area contributed by atoms with Crippen molar-refractivity contribution >= 4 is 29.2 Å². The Morgan fingerprint density at radius 3 is 2.08 bits per heavy atom. The van der Waals surface area contributed by atoms with Crippen molar-refractivity contribution in [3.8, 4) is 0 Å². The van der Waals surface area contributed by atoms with E-state index >= 15 is 0 Å². The summed E-state index contributed by atoms with van der Waals surface area (Å²) in [4.78, 5) is 0. The van der Waals surface area contributed by atoms with Crippen LogP contribution in [0.15, 0.2) is 0 Å². The molecule has 0 aromatic carbocycles. The van der Waals surface area contributed by atoms with Crippen LogP contribution in [0.2, 0.25) is 5.02 Å². The molecule has 0 radical (unpaired) electrons. The summed E-state index contributed by atoms with van der Waals surface area (Å²) in [5.41, 5.74) is 4.66. The molecule has 68 valence electrons. The van der Waals surface area contributed by atoms with E-state index in [4.69, 9.17) is 0 Å². The molecule has 0 saturated heterocycles. The van der Waals surface area contributed by atoms with Gasteiger partial charge in [0, 0.05) is 0 Å². The summed E-state index contributed by atoms with van der Waals surface area (Å²) in [6, 6.07) is 0. The molecule has 0 unspecified atom stereocenters. The van der Waals surface area contributed by atoms with Crippen LogP contribution in [-0.4, -0.2) is 4.32 Å². The summed E-state index contributed by atoms with van der Waals surface area (Å²) in [6.07, 6.45) is 7.25. The molecular formula is C8H17NS2Zn. The van der Waals surface area contributed by atoms with Crippen LogP contribution in [0.4, 0.5) is 0 Å². The third-order valence-electron chi connectivity index (χ3n) is 1.35. The van der Waals surface area contributed by atoms with Gasteiger partial charge in [0.05, 0.1) is 0 Å². The first kappa shape index (κ1) is 15.2. The minimum Gasteiger partial charge on any atom is -0.415 e. The van der Waals surface area contributed by atoms with Crippen LogP contribution in [0, 0.1) is 0 Å². The van der Waals surface area contributed by atoms with Crippen molar-refractivity contribution in [3.63, 3.8) is 0 Å². The average Bonchev–Trinajstić information content (AvgIpc) is 1.97. The maximum atomic E-state index is 4.66. The van der Waals surface area contributed by atoms with Crippen molar-refractivity contribution < 1.29 is 18.3 Å². The van der Waals surface area contributed by atoms with Gasteiger partial charge < -0.3 is 30.6 Å². The molecule has 2 N–H and O–H groups in total. The second kappa shape index (κ2) is 14.3. The van der Waals surface area contributed by atoms with Crippen molar-refractivity contribution in [2.45, 2.75) is 44.0 Å². The van der Waals surface area contributed by atoms with Gasteiger partial charge in [0.2, 0.25) is 0 Å². The molecular weight excluding hydrogens is 240 g/mol.